The number of carboxylic acid groups (broad SMARTS) is 1. The van der Waals surface area contributed by atoms with Gasteiger partial charge in [-0.15, -0.1) is 0 Å². The molecule has 22 heavy (non-hydrogen) atoms. The smallest absolute Gasteiger partial charge is 0.410 e. The highest BCUT2D eigenvalue weighted by atomic mass is 16.6. The Morgan fingerprint density at radius 2 is 2.00 bits per heavy atom. The third-order valence-electron chi connectivity index (χ3n) is 4.34. The van der Waals surface area contributed by atoms with Crippen molar-refractivity contribution in [3.05, 3.63) is 48.0 Å². The number of ether oxygens (including phenoxy) is 1. The predicted octanol–water partition coefficient (Wildman–Crippen LogP) is 1.22. The summed E-state index contributed by atoms with van der Waals surface area (Å²) in [6.45, 7) is 0.434. The second kappa shape index (κ2) is 5.81. The molecular formula is C16H18N2O4. The number of nitrogens with zero attached hydrogens (tertiary/aromatic N) is 1. The van der Waals surface area contributed by atoms with Crippen molar-refractivity contribution in [3.63, 3.8) is 0 Å². The molecule has 0 bridgehead atoms. The molecule has 0 saturated carbocycles. The van der Waals surface area contributed by atoms with Gasteiger partial charge in [0.1, 0.15) is 12.6 Å². The average Bonchev–Trinajstić information content (AvgIpc) is 3.06. The molecule has 0 spiro atoms. The molecule has 6 nitrogen and oxygen atoms in total. The molecule has 0 aromatic heterocycles. The Morgan fingerprint density at radius 3 is 2.68 bits per heavy atom. The summed E-state index contributed by atoms with van der Waals surface area (Å²) < 4.78 is 5.25. The number of carbonyl (C=O) groups is 2. The van der Waals surface area contributed by atoms with Gasteiger partial charge in [0, 0.05) is 24.4 Å². The summed E-state index contributed by atoms with van der Waals surface area (Å²) in [5.41, 5.74) is 6.81. The van der Waals surface area contributed by atoms with Crippen LogP contribution in [0, 0.1) is 11.8 Å². The lowest BCUT2D eigenvalue weighted by Crippen LogP contribution is -2.43. The molecule has 116 valence electrons. The van der Waals surface area contributed by atoms with E-state index in [0.717, 1.165) is 5.56 Å². The first-order valence-electron chi connectivity index (χ1n) is 7.22. The van der Waals surface area contributed by atoms with Crippen LogP contribution in [0.2, 0.25) is 0 Å². The lowest BCUT2D eigenvalue weighted by atomic mass is 9.92. The topological polar surface area (TPSA) is 92.9 Å². The monoisotopic (exact) mass is 302 g/mol. The fraction of sp³-hybridized carbons (Fsp3) is 0.375. The molecule has 1 aliphatic carbocycles. The summed E-state index contributed by atoms with van der Waals surface area (Å²) in [6, 6.07) is 8.16. The van der Waals surface area contributed by atoms with Gasteiger partial charge in [0.2, 0.25) is 0 Å². The van der Waals surface area contributed by atoms with Gasteiger partial charge < -0.3 is 15.6 Å². The zero-order chi connectivity index (χ0) is 15.7. The molecule has 3 rings (SSSR count). The van der Waals surface area contributed by atoms with Crippen molar-refractivity contribution in [2.24, 2.45) is 17.6 Å². The molecule has 6 heteroatoms. The first kappa shape index (κ1) is 14.6. The molecule has 1 aliphatic heterocycles. The number of hydrogen-bond donors (Lipinski definition) is 2. The highest BCUT2D eigenvalue weighted by Crippen LogP contribution is 2.37. The zero-order valence-electron chi connectivity index (χ0n) is 12.0. The van der Waals surface area contributed by atoms with Gasteiger partial charge in [-0.2, -0.15) is 0 Å². The van der Waals surface area contributed by atoms with E-state index in [2.05, 4.69) is 0 Å². The number of nitrogens with two attached hydrogens (primary N) is 1. The summed E-state index contributed by atoms with van der Waals surface area (Å²) in [7, 11) is 0. The minimum absolute atomic E-state index is 0.0506. The lowest BCUT2D eigenvalue weighted by Gasteiger charge is -2.22. The number of benzene rings is 1. The Bertz CT molecular complexity index is 601. The summed E-state index contributed by atoms with van der Waals surface area (Å²) in [6.07, 6.45) is 3.02. The van der Waals surface area contributed by atoms with Crippen molar-refractivity contribution in [2.45, 2.75) is 18.7 Å². The van der Waals surface area contributed by atoms with E-state index < -0.39 is 18.1 Å². The predicted molar refractivity (Wildman–Crippen MR) is 78.9 cm³/mol. The van der Waals surface area contributed by atoms with Gasteiger partial charge in [-0.05, 0) is 5.56 Å². The highest BCUT2D eigenvalue weighted by molar-refractivity contribution is 5.82. The Hall–Kier alpha value is -2.34. The van der Waals surface area contributed by atoms with Crippen LogP contribution in [0.15, 0.2) is 42.5 Å². The van der Waals surface area contributed by atoms with Crippen LogP contribution in [-0.4, -0.2) is 40.7 Å². The van der Waals surface area contributed by atoms with Crippen LogP contribution in [-0.2, 0) is 16.1 Å². The molecule has 1 heterocycles. The van der Waals surface area contributed by atoms with Gasteiger partial charge in [-0.25, -0.2) is 9.59 Å². The second-order valence-corrected chi connectivity index (χ2v) is 5.68. The van der Waals surface area contributed by atoms with E-state index in [-0.39, 0.29) is 24.5 Å². The standard InChI is InChI=1S/C16H18N2O4/c17-13-7-6-11-12(13)8-18(14(11)15(19)20)16(21)22-9-10-4-2-1-3-5-10/h1-7,11-14H,8-9,17H2,(H,19,20)/t11-,12+,13-,14+/m1/s1. The van der Waals surface area contributed by atoms with Crippen LogP contribution in [0.25, 0.3) is 0 Å². The normalized spacial score (nSPS) is 29.4. The quantitative estimate of drug-likeness (QED) is 0.819. The molecule has 1 aromatic rings. The molecule has 0 unspecified atom stereocenters. The van der Waals surface area contributed by atoms with E-state index in [4.69, 9.17) is 10.5 Å². The summed E-state index contributed by atoms with van der Waals surface area (Å²) in [5, 5.41) is 9.43. The van der Waals surface area contributed by atoms with Crippen LogP contribution in [0.5, 0.6) is 0 Å². The van der Waals surface area contributed by atoms with Gasteiger partial charge in [0.05, 0.1) is 0 Å². The van der Waals surface area contributed by atoms with E-state index in [1.807, 2.05) is 36.4 Å². The van der Waals surface area contributed by atoms with Crippen LogP contribution in [0.1, 0.15) is 5.56 Å². The molecule has 0 radical (unpaired) electrons. The SMILES string of the molecule is N[C@@H]1C=C[C@@H]2[C@@H]1CN(C(=O)OCc1ccccc1)[C@@H]2C(=O)O. The lowest BCUT2D eigenvalue weighted by molar-refractivity contribution is -0.142. The van der Waals surface area contributed by atoms with Crippen molar-refractivity contribution in [1.29, 1.82) is 0 Å². The Labute approximate surface area is 128 Å². The minimum atomic E-state index is -1.03. The van der Waals surface area contributed by atoms with Crippen LogP contribution < -0.4 is 5.73 Å². The maximum Gasteiger partial charge on any atom is 0.410 e. The van der Waals surface area contributed by atoms with Crippen LogP contribution >= 0.6 is 0 Å². The van der Waals surface area contributed by atoms with Gasteiger partial charge >= 0.3 is 12.1 Å². The van der Waals surface area contributed by atoms with Crippen LogP contribution in [0.3, 0.4) is 0 Å². The van der Waals surface area contributed by atoms with Crippen molar-refractivity contribution in [1.82, 2.24) is 4.90 Å². The van der Waals surface area contributed by atoms with Gasteiger partial charge in [0.25, 0.3) is 0 Å². The zero-order valence-corrected chi connectivity index (χ0v) is 12.0. The maximum absolute atomic E-state index is 12.2. The summed E-state index contributed by atoms with van der Waals surface area (Å²) in [5.74, 6) is -1.31. The number of amides is 1. The summed E-state index contributed by atoms with van der Waals surface area (Å²) >= 11 is 0. The molecule has 1 fully saturated rings. The largest absolute Gasteiger partial charge is 0.480 e. The first-order valence-corrected chi connectivity index (χ1v) is 7.22. The number of carboxylic acids is 1. The van der Waals surface area contributed by atoms with Gasteiger partial charge in [-0.1, -0.05) is 42.5 Å². The van der Waals surface area contributed by atoms with Crippen molar-refractivity contribution in [3.8, 4) is 0 Å². The Morgan fingerprint density at radius 1 is 1.27 bits per heavy atom. The van der Waals surface area contributed by atoms with Gasteiger partial charge in [-0.3, -0.25) is 4.90 Å². The van der Waals surface area contributed by atoms with E-state index in [1.165, 1.54) is 4.90 Å². The number of aliphatic carboxylic acids is 1. The van der Waals surface area contributed by atoms with Gasteiger partial charge in [0.15, 0.2) is 0 Å². The third-order valence-corrected chi connectivity index (χ3v) is 4.34. The first-order chi connectivity index (χ1) is 10.6. The van der Waals surface area contributed by atoms with Crippen molar-refractivity contribution in [2.75, 3.05) is 6.54 Å². The maximum atomic E-state index is 12.2. The van der Waals surface area contributed by atoms with E-state index in [0.29, 0.717) is 6.54 Å². The number of rotatable bonds is 3. The molecular weight excluding hydrogens is 284 g/mol. The number of hydrogen-bond acceptors (Lipinski definition) is 4. The summed E-state index contributed by atoms with van der Waals surface area (Å²) in [4.78, 5) is 25.0. The molecule has 3 N–H and O–H groups in total. The molecule has 4 atom stereocenters. The number of fused-ring (bicyclic) bond motifs is 1. The Kier molecular flexibility index (Phi) is 3.85. The Balaban J connectivity index is 1.69. The molecule has 1 aromatic carbocycles. The van der Waals surface area contributed by atoms with Crippen LogP contribution in [0.4, 0.5) is 4.79 Å². The fourth-order valence-corrected chi connectivity index (χ4v) is 3.22. The highest BCUT2D eigenvalue weighted by Gasteiger charge is 2.50. The van der Waals surface area contributed by atoms with Crippen molar-refractivity contribution < 1.29 is 19.4 Å². The van der Waals surface area contributed by atoms with E-state index >= 15 is 0 Å². The third kappa shape index (κ3) is 2.57. The molecule has 1 amide bonds. The molecule has 1 saturated heterocycles. The number of likely N-dealkylation sites (tertiary alicyclic amines) is 1. The number of carbonyl (C=O) groups excluding carboxylic acids is 1. The fourth-order valence-electron chi connectivity index (χ4n) is 3.22. The second-order valence-electron chi connectivity index (χ2n) is 5.68. The van der Waals surface area contributed by atoms with Crippen molar-refractivity contribution >= 4 is 12.1 Å². The molecule has 2 aliphatic rings. The minimum Gasteiger partial charge on any atom is -0.480 e. The average molecular weight is 302 g/mol. The van der Waals surface area contributed by atoms with E-state index in [9.17, 15) is 14.7 Å². The van der Waals surface area contributed by atoms with E-state index in [1.54, 1.807) is 6.08 Å².